The van der Waals surface area contributed by atoms with Crippen molar-refractivity contribution in [3.8, 4) is 0 Å². The Hall–Kier alpha value is -2.04. The third-order valence-electron chi connectivity index (χ3n) is 4.52. The quantitative estimate of drug-likeness (QED) is 0.456. The number of esters is 2. The molecule has 0 aromatic heterocycles. The summed E-state index contributed by atoms with van der Waals surface area (Å²) in [5, 5.41) is 1.26. The van der Waals surface area contributed by atoms with Gasteiger partial charge in [-0.15, -0.1) is 0 Å². The van der Waals surface area contributed by atoms with Crippen molar-refractivity contribution in [3.05, 3.63) is 69.7 Å². The third kappa shape index (κ3) is 7.33. The van der Waals surface area contributed by atoms with E-state index in [1.54, 1.807) is 52.0 Å². The molecule has 0 aliphatic rings. The van der Waals surface area contributed by atoms with Crippen LogP contribution in [0.25, 0.3) is 0 Å². The van der Waals surface area contributed by atoms with E-state index in [0.29, 0.717) is 10.0 Å². The largest absolute Gasteiger partial charge is 0.461 e. The average molecular weight is 451 g/mol. The summed E-state index contributed by atoms with van der Waals surface area (Å²) in [6.07, 6.45) is -0.504. The maximum atomic E-state index is 12.7. The van der Waals surface area contributed by atoms with E-state index in [4.69, 9.17) is 32.7 Å². The summed E-state index contributed by atoms with van der Waals surface area (Å²) in [7, 11) is 0. The highest BCUT2D eigenvalue weighted by Gasteiger charge is 2.28. The maximum absolute atomic E-state index is 12.7. The zero-order valence-electron chi connectivity index (χ0n) is 17.9. The highest BCUT2D eigenvalue weighted by Crippen LogP contribution is 2.32. The summed E-state index contributed by atoms with van der Waals surface area (Å²) in [5.41, 5.74) is 1.33. The van der Waals surface area contributed by atoms with Gasteiger partial charge in [-0.3, -0.25) is 9.59 Å². The van der Waals surface area contributed by atoms with Crippen molar-refractivity contribution in [2.45, 2.75) is 58.7 Å². The van der Waals surface area contributed by atoms with Crippen LogP contribution in [-0.4, -0.2) is 23.6 Å². The number of ether oxygens (including phenoxy) is 2. The molecular formula is C24H28Cl2O4. The molecule has 162 valence electrons. The maximum Gasteiger partial charge on any atom is 0.309 e. The predicted molar refractivity (Wildman–Crippen MR) is 120 cm³/mol. The van der Waals surface area contributed by atoms with Crippen molar-refractivity contribution in [1.82, 2.24) is 0 Å². The van der Waals surface area contributed by atoms with E-state index in [1.165, 1.54) is 0 Å². The minimum absolute atomic E-state index is 0.0324. The van der Waals surface area contributed by atoms with Gasteiger partial charge in [0.25, 0.3) is 0 Å². The lowest BCUT2D eigenvalue weighted by Crippen LogP contribution is -2.30. The Labute approximate surface area is 188 Å². The van der Waals surface area contributed by atoms with Gasteiger partial charge in [-0.25, -0.2) is 0 Å². The zero-order valence-corrected chi connectivity index (χ0v) is 19.5. The fourth-order valence-corrected chi connectivity index (χ4v) is 3.41. The average Bonchev–Trinajstić information content (AvgIpc) is 2.63. The van der Waals surface area contributed by atoms with Gasteiger partial charge in [-0.1, -0.05) is 54.4 Å². The van der Waals surface area contributed by atoms with E-state index in [0.717, 1.165) is 11.1 Å². The molecule has 0 spiro atoms. The molecule has 0 N–H and O–H groups in total. The molecule has 30 heavy (non-hydrogen) atoms. The van der Waals surface area contributed by atoms with Crippen LogP contribution in [0.2, 0.25) is 10.0 Å². The minimum Gasteiger partial charge on any atom is -0.461 e. The lowest BCUT2D eigenvalue weighted by Gasteiger charge is -2.27. The predicted octanol–water partition coefficient (Wildman–Crippen LogP) is 6.42. The topological polar surface area (TPSA) is 52.6 Å². The van der Waals surface area contributed by atoms with Crippen LogP contribution in [-0.2, 0) is 19.1 Å². The molecule has 0 aliphatic carbocycles. The first-order valence-corrected chi connectivity index (χ1v) is 10.6. The molecule has 2 aromatic carbocycles. The van der Waals surface area contributed by atoms with Crippen LogP contribution in [0.15, 0.2) is 48.5 Å². The van der Waals surface area contributed by atoms with Gasteiger partial charge in [0.05, 0.1) is 12.3 Å². The van der Waals surface area contributed by atoms with E-state index in [-0.39, 0.29) is 12.3 Å². The summed E-state index contributed by atoms with van der Waals surface area (Å²) >= 11 is 12.1. The molecule has 2 rings (SSSR count). The molecule has 0 radical (unpaired) electrons. The van der Waals surface area contributed by atoms with Crippen LogP contribution in [0.1, 0.15) is 58.1 Å². The van der Waals surface area contributed by atoms with Gasteiger partial charge in [-0.05, 0) is 63.1 Å². The van der Waals surface area contributed by atoms with Gasteiger partial charge in [0.15, 0.2) is 0 Å². The highest BCUT2D eigenvalue weighted by atomic mass is 35.5. The molecular weight excluding hydrogens is 423 g/mol. The Morgan fingerprint density at radius 3 is 1.70 bits per heavy atom. The van der Waals surface area contributed by atoms with E-state index in [1.807, 2.05) is 31.2 Å². The molecule has 2 atom stereocenters. The number of halogens is 2. The molecule has 6 heteroatoms. The van der Waals surface area contributed by atoms with E-state index in [2.05, 4.69) is 0 Å². The summed E-state index contributed by atoms with van der Waals surface area (Å²) in [6.45, 7) is 8.88. The Balaban J connectivity index is 2.16. The lowest BCUT2D eigenvalue weighted by atomic mass is 9.87. The van der Waals surface area contributed by atoms with Crippen LogP contribution in [0, 0.1) is 5.92 Å². The SMILES string of the molecule is C[C@H](CC(=O)OC(C)(C)C)C(=O)O[C@@H](C)C(c1ccc(Cl)cc1)c1ccc(Cl)cc1. The van der Waals surface area contributed by atoms with Crippen molar-refractivity contribution in [1.29, 1.82) is 0 Å². The highest BCUT2D eigenvalue weighted by molar-refractivity contribution is 6.30. The van der Waals surface area contributed by atoms with Gasteiger partial charge < -0.3 is 9.47 Å². The van der Waals surface area contributed by atoms with Crippen LogP contribution < -0.4 is 0 Å². The van der Waals surface area contributed by atoms with E-state index < -0.39 is 29.6 Å². The van der Waals surface area contributed by atoms with E-state index >= 15 is 0 Å². The number of rotatable bonds is 7. The molecule has 0 unspecified atom stereocenters. The van der Waals surface area contributed by atoms with Gasteiger partial charge in [0.1, 0.15) is 11.7 Å². The summed E-state index contributed by atoms with van der Waals surface area (Å²) in [5.74, 6) is -1.69. The van der Waals surface area contributed by atoms with Crippen LogP contribution >= 0.6 is 23.2 Å². The van der Waals surface area contributed by atoms with Crippen molar-refractivity contribution in [2.24, 2.45) is 5.92 Å². The number of carbonyl (C=O) groups is 2. The second-order valence-corrected chi connectivity index (χ2v) is 9.29. The Morgan fingerprint density at radius 1 is 0.867 bits per heavy atom. The Kier molecular flexibility index (Phi) is 8.34. The van der Waals surface area contributed by atoms with Crippen molar-refractivity contribution in [3.63, 3.8) is 0 Å². The van der Waals surface area contributed by atoms with Gasteiger partial charge in [-0.2, -0.15) is 0 Å². The smallest absolute Gasteiger partial charge is 0.309 e. The third-order valence-corrected chi connectivity index (χ3v) is 5.03. The Bertz CT molecular complexity index is 809. The minimum atomic E-state index is -0.613. The number of hydrogen-bond donors (Lipinski definition) is 0. The first-order valence-electron chi connectivity index (χ1n) is 9.89. The first-order chi connectivity index (χ1) is 14.0. The number of benzene rings is 2. The standard InChI is InChI=1S/C24H28Cl2O4/c1-15(14-21(27)30-24(3,4)5)23(28)29-16(2)22(17-6-10-19(25)11-7-17)18-8-12-20(26)13-9-18/h6-13,15-16,22H,14H2,1-5H3/t15-,16+/m1/s1. The first kappa shape index (κ1) is 24.2. The summed E-state index contributed by atoms with van der Waals surface area (Å²) in [4.78, 5) is 24.7. The molecule has 0 fully saturated rings. The van der Waals surface area contributed by atoms with Crippen LogP contribution in [0.5, 0.6) is 0 Å². The van der Waals surface area contributed by atoms with Crippen molar-refractivity contribution < 1.29 is 19.1 Å². The van der Waals surface area contributed by atoms with Gasteiger partial charge in [0, 0.05) is 16.0 Å². The van der Waals surface area contributed by atoms with Crippen molar-refractivity contribution >= 4 is 35.1 Å². The molecule has 0 amide bonds. The number of hydrogen-bond acceptors (Lipinski definition) is 4. The molecule has 2 aromatic rings. The van der Waals surface area contributed by atoms with Crippen molar-refractivity contribution in [2.75, 3.05) is 0 Å². The second kappa shape index (κ2) is 10.3. The zero-order chi connectivity index (χ0) is 22.5. The van der Waals surface area contributed by atoms with E-state index in [9.17, 15) is 9.59 Å². The molecule has 0 saturated carbocycles. The molecule has 4 nitrogen and oxygen atoms in total. The van der Waals surface area contributed by atoms with Gasteiger partial charge in [0.2, 0.25) is 0 Å². The summed E-state index contributed by atoms with van der Waals surface area (Å²) < 4.78 is 11.1. The number of carbonyl (C=O) groups excluding carboxylic acids is 2. The lowest BCUT2D eigenvalue weighted by molar-refractivity contribution is -0.163. The fourth-order valence-electron chi connectivity index (χ4n) is 3.16. The van der Waals surface area contributed by atoms with Crippen LogP contribution in [0.3, 0.4) is 0 Å². The monoisotopic (exact) mass is 450 g/mol. The Morgan fingerprint density at radius 2 is 1.30 bits per heavy atom. The molecule has 0 aliphatic heterocycles. The molecule has 0 saturated heterocycles. The second-order valence-electron chi connectivity index (χ2n) is 8.41. The van der Waals surface area contributed by atoms with Gasteiger partial charge >= 0.3 is 11.9 Å². The molecule has 0 heterocycles. The fraction of sp³-hybridized carbons (Fsp3) is 0.417. The van der Waals surface area contributed by atoms with Crippen LogP contribution in [0.4, 0.5) is 0 Å². The summed E-state index contributed by atoms with van der Waals surface area (Å²) in [6, 6.07) is 14.9. The molecule has 0 bridgehead atoms. The normalized spacial score (nSPS) is 13.6.